The summed E-state index contributed by atoms with van der Waals surface area (Å²) < 4.78 is 26.2. The summed E-state index contributed by atoms with van der Waals surface area (Å²) in [5.74, 6) is -0.150. The molecule has 0 aliphatic heterocycles. The Morgan fingerprint density at radius 1 is 1.53 bits per heavy atom. The molecule has 0 radical (unpaired) electrons. The van der Waals surface area contributed by atoms with Crippen LogP contribution < -0.4 is 4.72 Å². The molecule has 0 fully saturated rings. The van der Waals surface area contributed by atoms with Crippen molar-refractivity contribution in [3.63, 3.8) is 0 Å². The van der Waals surface area contributed by atoms with Crippen LogP contribution in [0.2, 0.25) is 0 Å². The van der Waals surface area contributed by atoms with Gasteiger partial charge in [0.05, 0.1) is 17.4 Å². The van der Waals surface area contributed by atoms with Crippen LogP contribution in [0.3, 0.4) is 0 Å². The van der Waals surface area contributed by atoms with Gasteiger partial charge in [-0.1, -0.05) is 34.6 Å². The van der Waals surface area contributed by atoms with Gasteiger partial charge in [-0.25, -0.2) is 13.1 Å². The van der Waals surface area contributed by atoms with Gasteiger partial charge in [-0.3, -0.25) is 0 Å². The van der Waals surface area contributed by atoms with E-state index in [1.54, 1.807) is 24.3 Å². The molecule has 1 rings (SSSR count). The lowest BCUT2D eigenvalue weighted by Gasteiger charge is -2.06. The lowest BCUT2D eigenvalue weighted by molar-refractivity contribution is 0.584. The SMILES string of the molecule is C=C(Br)CNS(=O)(=O)Cc1cccc(C#N)c1. The number of nitrogens with zero attached hydrogens (tertiary/aromatic N) is 1. The van der Waals surface area contributed by atoms with E-state index in [9.17, 15) is 8.42 Å². The van der Waals surface area contributed by atoms with Gasteiger partial charge in [0.25, 0.3) is 0 Å². The van der Waals surface area contributed by atoms with Crippen LogP contribution in [-0.4, -0.2) is 15.0 Å². The first-order chi connectivity index (χ1) is 7.93. The second kappa shape index (κ2) is 5.96. The van der Waals surface area contributed by atoms with E-state index in [0.29, 0.717) is 15.6 Å². The molecule has 17 heavy (non-hydrogen) atoms. The Balaban J connectivity index is 2.76. The smallest absolute Gasteiger partial charge is 0.212 e. The highest BCUT2D eigenvalue weighted by molar-refractivity contribution is 9.11. The third-order valence-electron chi connectivity index (χ3n) is 1.90. The molecule has 0 aliphatic rings. The van der Waals surface area contributed by atoms with Crippen LogP contribution in [0.5, 0.6) is 0 Å². The Bertz CT molecular complexity index is 561. The molecule has 0 saturated heterocycles. The van der Waals surface area contributed by atoms with Crippen molar-refractivity contribution in [3.05, 3.63) is 46.5 Å². The molecule has 0 heterocycles. The van der Waals surface area contributed by atoms with Crippen LogP contribution in [0.25, 0.3) is 0 Å². The molecule has 6 heteroatoms. The zero-order valence-electron chi connectivity index (χ0n) is 8.98. The molecule has 0 spiro atoms. The molecular formula is C11H11BrN2O2S. The number of benzene rings is 1. The van der Waals surface area contributed by atoms with Gasteiger partial charge in [0.15, 0.2) is 0 Å². The summed E-state index contributed by atoms with van der Waals surface area (Å²) in [5.41, 5.74) is 1.03. The van der Waals surface area contributed by atoms with Gasteiger partial charge < -0.3 is 0 Å². The zero-order chi connectivity index (χ0) is 12.9. The van der Waals surface area contributed by atoms with Gasteiger partial charge in [-0.2, -0.15) is 5.26 Å². The summed E-state index contributed by atoms with van der Waals surface area (Å²) >= 11 is 3.07. The van der Waals surface area contributed by atoms with Crippen molar-refractivity contribution in [2.45, 2.75) is 5.75 Å². The van der Waals surface area contributed by atoms with Crippen LogP contribution in [0.1, 0.15) is 11.1 Å². The summed E-state index contributed by atoms with van der Waals surface area (Å²) in [4.78, 5) is 0. The lowest BCUT2D eigenvalue weighted by Crippen LogP contribution is -2.26. The fourth-order valence-electron chi connectivity index (χ4n) is 1.19. The lowest BCUT2D eigenvalue weighted by atomic mass is 10.2. The van der Waals surface area contributed by atoms with Crippen molar-refractivity contribution in [1.82, 2.24) is 4.72 Å². The summed E-state index contributed by atoms with van der Waals surface area (Å²) in [6.45, 7) is 3.69. The number of hydrogen-bond acceptors (Lipinski definition) is 3. The van der Waals surface area contributed by atoms with Crippen molar-refractivity contribution < 1.29 is 8.42 Å². The van der Waals surface area contributed by atoms with Gasteiger partial charge in [0.1, 0.15) is 0 Å². The quantitative estimate of drug-likeness (QED) is 0.902. The van der Waals surface area contributed by atoms with E-state index in [1.165, 1.54) is 0 Å². The minimum atomic E-state index is -3.40. The summed E-state index contributed by atoms with van der Waals surface area (Å²) in [5, 5.41) is 8.70. The van der Waals surface area contributed by atoms with Crippen molar-refractivity contribution >= 4 is 26.0 Å². The molecule has 1 aromatic rings. The fraction of sp³-hybridized carbons (Fsp3) is 0.182. The maximum atomic E-state index is 11.6. The second-order valence-corrected chi connectivity index (χ2v) is 6.34. The van der Waals surface area contributed by atoms with Gasteiger partial charge >= 0.3 is 0 Å². The molecule has 0 aromatic heterocycles. The van der Waals surface area contributed by atoms with E-state index in [2.05, 4.69) is 27.2 Å². The molecular weight excluding hydrogens is 304 g/mol. The Labute approximate surface area is 109 Å². The van der Waals surface area contributed by atoms with Crippen LogP contribution in [-0.2, 0) is 15.8 Å². The zero-order valence-corrected chi connectivity index (χ0v) is 11.4. The number of halogens is 1. The van der Waals surface area contributed by atoms with E-state index in [-0.39, 0.29) is 12.3 Å². The Hall–Kier alpha value is -1.16. The highest BCUT2D eigenvalue weighted by atomic mass is 79.9. The summed E-state index contributed by atoms with van der Waals surface area (Å²) in [7, 11) is -3.40. The van der Waals surface area contributed by atoms with Gasteiger partial charge in [-0.05, 0) is 17.7 Å². The monoisotopic (exact) mass is 314 g/mol. The van der Waals surface area contributed by atoms with Crippen molar-refractivity contribution in [2.75, 3.05) is 6.54 Å². The number of sulfonamides is 1. The standard InChI is InChI=1S/C11H11BrN2O2S/c1-9(12)7-14-17(15,16)8-11-4-2-3-10(5-11)6-13/h2-5,14H,1,7-8H2. The Morgan fingerprint density at radius 3 is 2.82 bits per heavy atom. The van der Waals surface area contributed by atoms with Crippen LogP contribution >= 0.6 is 15.9 Å². The first-order valence-corrected chi connectivity index (χ1v) is 7.17. The number of nitriles is 1. The van der Waals surface area contributed by atoms with E-state index < -0.39 is 10.0 Å². The van der Waals surface area contributed by atoms with E-state index in [1.807, 2.05) is 6.07 Å². The molecule has 1 N–H and O–H groups in total. The molecule has 0 amide bonds. The molecule has 0 unspecified atom stereocenters. The minimum absolute atomic E-state index is 0.150. The second-order valence-electron chi connectivity index (χ2n) is 3.41. The van der Waals surface area contributed by atoms with Gasteiger partial charge in [0.2, 0.25) is 10.0 Å². The maximum Gasteiger partial charge on any atom is 0.216 e. The molecule has 0 saturated carbocycles. The van der Waals surface area contributed by atoms with Gasteiger partial charge in [-0.15, -0.1) is 0 Å². The number of nitrogens with one attached hydrogen (secondary N) is 1. The van der Waals surface area contributed by atoms with Crippen molar-refractivity contribution in [3.8, 4) is 6.07 Å². The predicted molar refractivity (Wildman–Crippen MR) is 69.9 cm³/mol. The van der Waals surface area contributed by atoms with Crippen molar-refractivity contribution in [2.24, 2.45) is 0 Å². The average molecular weight is 315 g/mol. The fourth-order valence-corrected chi connectivity index (χ4v) is 2.63. The first kappa shape index (κ1) is 13.9. The van der Waals surface area contributed by atoms with E-state index in [0.717, 1.165) is 0 Å². The third kappa shape index (κ3) is 5.13. The van der Waals surface area contributed by atoms with E-state index >= 15 is 0 Å². The predicted octanol–water partition coefficient (Wildman–Crippen LogP) is 1.89. The van der Waals surface area contributed by atoms with Crippen LogP contribution in [0.4, 0.5) is 0 Å². The summed E-state index contributed by atoms with van der Waals surface area (Å²) in [6, 6.07) is 8.48. The largest absolute Gasteiger partial charge is 0.216 e. The summed E-state index contributed by atoms with van der Waals surface area (Å²) in [6.07, 6.45) is 0. The molecule has 90 valence electrons. The Kier molecular flexibility index (Phi) is 4.87. The highest BCUT2D eigenvalue weighted by Gasteiger charge is 2.11. The third-order valence-corrected chi connectivity index (χ3v) is 3.47. The maximum absolute atomic E-state index is 11.6. The van der Waals surface area contributed by atoms with Crippen molar-refractivity contribution in [1.29, 1.82) is 5.26 Å². The van der Waals surface area contributed by atoms with E-state index in [4.69, 9.17) is 5.26 Å². The molecule has 0 atom stereocenters. The number of hydrogen-bond donors (Lipinski definition) is 1. The Morgan fingerprint density at radius 2 is 2.24 bits per heavy atom. The molecule has 4 nitrogen and oxygen atoms in total. The molecule has 0 bridgehead atoms. The van der Waals surface area contributed by atoms with Crippen LogP contribution in [0, 0.1) is 11.3 Å². The molecule has 0 aliphatic carbocycles. The topological polar surface area (TPSA) is 70.0 Å². The van der Waals surface area contributed by atoms with Gasteiger partial charge in [0, 0.05) is 11.0 Å². The highest BCUT2D eigenvalue weighted by Crippen LogP contribution is 2.08. The average Bonchev–Trinajstić information content (AvgIpc) is 2.26. The van der Waals surface area contributed by atoms with Crippen LogP contribution in [0.15, 0.2) is 35.3 Å². The normalized spacial score (nSPS) is 10.8. The molecule has 1 aromatic carbocycles. The minimum Gasteiger partial charge on any atom is -0.212 e. The first-order valence-electron chi connectivity index (χ1n) is 4.72. The number of rotatable bonds is 5.